The Bertz CT molecular complexity index is 724. The quantitative estimate of drug-likeness (QED) is 0.316. The van der Waals surface area contributed by atoms with Gasteiger partial charge in [0.1, 0.15) is 5.75 Å². The molecule has 1 atom stereocenters. The van der Waals surface area contributed by atoms with Gasteiger partial charge < -0.3 is 31.2 Å². The van der Waals surface area contributed by atoms with Gasteiger partial charge in [-0.25, -0.2) is 4.79 Å². The third-order valence-electron chi connectivity index (χ3n) is 5.89. The van der Waals surface area contributed by atoms with E-state index in [1.54, 1.807) is 12.1 Å². The lowest BCUT2D eigenvalue weighted by Gasteiger charge is -2.31. The molecule has 2 aliphatic rings. The van der Waals surface area contributed by atoms with Gasteiger partial charge in [-0.15, -0.1) is 0 Å². The molecular weight excluding hydrogens is 373 g/mol. The van der Waals surface area contributed by atoms with Crippen molar-refractivity contribution in [2.75, 3.05) is 19.6 Å². The molecule has 0 saturated heterocycles. The van der Waals surface area contributed by atoms with E-state index >= 15 is 0 Å². The molecule has 8 nitrogen and oxygen atoms in total. The van der Waals surface area contributed by atoms with Crippen molar-refractivity contribution in [1.29, 1.82) is 0 Å². The third kappa shape index (κ3) is 5.71. The van der Waals surface area contributed by atoms with Crippen LogP contribution in [0.2, 0.25) is 0 Å². The molecule has 1 unspecified atom stereocenters. The smallest absolute Gasteiger partial charge is 0.534 e. The molecule has 0 bridgehead atoms. The molecular formula is C20H30BN3O5. The number of amides is 1. The van der Waals surface area contributed by atoms with Crippen LogP contribution < -0.4 is 21.0 Å². The second-order valence-corrected chi connectivity index (χ2v) is 8.07. The van der Waals surface area contributed by atoms with Crippen molar-refractivity contribution in [3.8, 4) is 5.75 Å². The van der Waals surface area contributed by atoms with Gasteiger partial charge in [0.2, 0.25) is 5.91 Å². The molecule has 3 rings (SSSR count). The number of nitrogens with two attached hydrogens (primary N) is 1. The van der Waals surface area contributed by atoms with E-state index in [0.29, 0.717) is 36.8 Å². The van der Waals surface area contributed by atoms with Crippen LogP contribution in [-0.2, 0) is 11.2 Å². The predicted molar refractivity (Wildman–Crippen MR) is 110 cm³/mol. The molecule has 1 amide bonds. The highest BCUT2D eigenvalue weighted by Crippen LogP contribution is 2.32. The fourth-order valence-corrected chi connectivity index (χ4v) is 4.29. The number of carboxylic acids is 1. The number of fused-ring (bicyclic) bond motifs is 1. The first-order valence-electron chi connectivity index (χ1n) is 10.4. The van der Waals surface area contributed by atoms with Gasteiger partial charge in [0, 0.05) is 19.5 Å². The van der Waals surface area contributed by atoms with Crippen molar-refractivity contribution in [3.63, 3.8) is 0 Å². The Balaban J connectivity index is 1.48. The normalized spacial score (nSPS) is 23.8. The fraction of sp³-hybridized carbons (Fsp3) is 0.600. The highest BCUT2D eigenvalue weighted by atomic mass is 16.5. The zero-order valence-corrected chi connectivity index (χ0v) is 16.6. The van der Waals surface area contributed by atoms with E-state index in [1.165, 1.54) is 6.07 Å². The third-order valence-corrected chi connectivity index (χ3v) is 5.89. The van der Waals surface area contributed by atoms with Gasteiger partial charge in [-0.1, -0.05) is 12.1 Å². The van der Waals surface area contributed by atoms with Crippen molar-refractivity contribution in [2.24, 2.45) is 17.6 Å². The second-order valence-electron chi connectivity index (χ2n) is 8.07. The van der Waals surface area contributed by atoms with Gasteiger partial charge in [-0.3, -0.25) is 4.79 Å². The van der Waals surface area contributed by atoms with E-state index in [9.17, 15) is 19.7 Å². The molecule has 0 spiro atoms. The molecule has 0 aromatic heterocycles. The molecule has 1 saturated carbocycles. The fourth-order valence-electron chi connectivity index (χ4n) is 4.29. The van der Waals surface area contributed by atoms with Crippen molar-refractivity contribution >= 4 is 19.0 Å². The zero-order chi connectivity index (χ0) is 20.8. The molecule has 1 aromatic rings. The van der Waals surface area contributed by atoms with Gasteiger partial charge in [-0.05, 0) is 62.1 Å². The summed E-state index contributed by atoms with van der Waals surface area (Å²) in [6.45, 7) is 2.47. The highest BCUT2D eigenvalue weighted by Gasteiger charge is 2.38. The summed E-state index contributed by atoms with van der Waals surface area (Å²) in [6.07, 6.45) is 5.04. The molecule has 1 aromatic carbocycles. The maximum absolute atomic E-state index is 12.5. The van der Waals surface area contributed by atoms with Crippen LogP contribution in [0.5, 0.6) is 5.75 Å². The Morgan fingerprint density at radius 2 is 1.93 bits per heavy atom. The molecule has 9 heteroatoms. The Labute approximate surface area is 171 Å². The van der Waals surface area contributed by atoms with Gasteiger partial charge >= 0.3 is 13.1 Å². The van der Waals surface area contributed by atoms with Crippen LogP contribution in [0.3, 0.4) is 0 Å². The summed E-state index contributed by atoms with van der Waals surface area (Å²) < 4.78 is 5.43. The topological polar surface area (TPSA) is 134 Å². The minimum atomic E-state index is -1.27. The SMILES string of the molecule is NCCNCC1CCC(CC(=O)NC2Cc3cccc(C(=O)O)c3OB2O)CC1. The van der Waals surface area contributed by atoms with Gasteiger partial charge in [0.25, 0.3) is 0 Å². The summed E-state index contributed by atoms with van der Waals surface area (Å²) in [5.74, 6) is -0.608. The van der Waals surface area contributed by atoms with E-state index < -0.39 is 19.0 Å². The number of carboxylic acid groups (broad SMARTS) is 1. The summed E-state index contributed by atoms with van der Waals surface area (Å²) in [7, 11) is -1.27. The summed E-state index contributed by atoms with van der Waals surface area (Å²) in [4.78, 5) is 23.8. The molecule has 1 aliphatic carbocycles. The first-order valence-corrected chi connectivity index (χ1v) is 10.4. The molecule has 1 aliphatic heterocycles. The predicted octanol–water partition coefficient (Wildman–Crippen LogP) is 0.569. The molecule has 29 heavy (non-hydrogen) atoms. The molecule has 158 valence electrons. The first-order chi connectivity index (χ1) is 14.0. The maximum atomic E-state index is 12.5. The van der Waals surface area contributed by atoms with Crippen LogP contribution in [0.25, 0.3) is 0 Å². The summed E-state index contributed by atoms with van der Waals surface area (Å²) >= 11 is 0. The minimum absolute atomic E-state index is 0.0176. The van der Waals surface area contributed by atoms with Crippen LogP contribution in [0.4, 0.5) is 0 Å². The zero-order valence-electron chi connectivity index (χ0n) is 16.6. The lowest BCUT2D eigenvalue weighted by Crippen LogP contribution is -2.53. The number of hydrogen-bond acceptors (Lipinski definition) is 6. The molecule has 1 fully saturated rings. The average molecular weight is 403 g/mol. The number of hydrogen-bond donors (Lipinski definition) is 5. The largest absolute Gasteiger partial charge is 0.547 e. The van der Waals surface area contributed by atoms with Crippen LogP contribution >= 0.6 is 0 Å². The van der Waals surface area contributed by atoms with E-state index in [0.717, 1.165) is 38.8 Å². The minimum Gasteiger partial charge on any atom is -0.534 e. The van der Waals surface area contributed by atoms with Crippen LogP contribution in [0.1, 0.15) is 48.0 Å². The Morgan fingerprint density at radius 3 is 2.62 bits per heavy atom. The Kier molecular flexibility index (Phi) is 7.52. The average Bonchev–Trinajstić information content (AvgIpc) is 2.69. The summed E-state index contributed by atoms with van der Waals surface area (Å²) in [6, 6.07) is 4.84. The number of nitrogens with one attached hydrogen (secondary N) is 2. The number of aromatic carboxylic acids is 1. The monoisotopic (exact) mass is 403 g/mol. The van der Waals surface area contributed by atoms with Gasteiger partial charge in [0.15, 0.2) is 0 Å². The standard InChI is InChI=1S/C20H30BN3O5/c22-8-9-23-12-14-6-4-13(5-7-14)10-18(25)24-17-11-15-2-1-3-16(20(26)27)19(15)29-21(17)28/h1-3,13-14,17,23,28H,4-12,22H2,(H,24,25)(H,26,27). The number of rotatable bonds is 8. The van der Waals surface area contributed by atoms with Crippen molar-refractivity contribution in [1.82, 2.24) is 10.6 Å². The molecule has 1 heterocycles. The molecule has 0 radical (unpaired) electrons. The number of para-hydroxylation sites is 1. The highest BCUT2D eigenvalue weighted by molar-refractivity contribution is 6.47. The van der Waals surface area contributed by atoms with E-state index in [-0.39, 0.29) is 17.2 Å². The lowest BCUT2D eigenvalue weighted by molar-refractivity contribution is -0.122. The Hall–Kier alpha value is -2.10. The molecule has 6 N–H and O–H groups in total. The number of carbonyl (C=O) groups excluding carboxylic acids is 1. The maximum Gasteiger partial charge on any atom is 0.547 e. The summed E-state index contributed by atoms with van der Waals surface area (Å²) in [5, 5.41) is 25.8. The summed E-state index contributed by atoms with van der Waals surface area (Å²) in [5.41, 5.74) is 6.18. The second kappa shape index (κ2) is 10.1. The van der Waals surface area contributed by atoms with Crippen LogP contribution in [-0.4, -0.2) is 54.7 Å². The first kappa shape index (κ1) is 21.6. The Morgan fingerprint density at radius 1 is 1.21 bits per heavy atom. The van der Waals surface area contributed by atoms with E-state index in [1.807, 2.05) is 0 Å². The van der Waals surface area contributed by atoms with Gasteiger partial charge in [0.05, 0.1) is 11.5 Å². The number of benzene rings is 1. The van der Waals surface area contributed by atoms with Crippen LogP contribution in [0.15, 0.2) is 18.2 Å². The van der Waals surface area contributed by atoms with E-state index in [4.69, 9.17) is 10.4 Å². The van der Waals surface area contributed by atoms with Gasteiger partial charge in [-0.2, -0.15) is 0 Å². The van der Waals surface area contributed by atoms with Crippen molar-refractivity contribution in [3.05, 3.63) is 29.3 Å². The van der Waals surface area contributed by atoms with Crippen molar-refractivity contribution < 1.29 is 24.4 Å². The van der Waals surface area contributed by atoms with E-state index in [2.05, 4.69) is 10.6 Å². The van der Waals surface area contributed by atoms with Crippen molar-refractivity contribution in [2.45, 2.75) is 44.5 Å². The number of carbonyl (C=O) groups is 2. The lowest BCUT2D eigenvalue weighted by atomic mass is 9.72. The van der Waals surface area contributed by atoms with Crippen LogP contribution in [0, 0.1) is 11.8 Å².